The average Bonchev–Trinajstić information content (AvgIpc) is 2.96. The Balaban J connectivity index is 1.65. The highest BCUT2D eigenvalue weighted by Crippen LogP contribution is 2.19. The molecule has 3 aromatic rings. The molecule has 3 rings (SSSR count). The maximum absolute atomic E-state index is 12.3. The molecule has 5 nitrogen and oxygen atoms in total. The number of anilines is 2. The largest absolute Gasteiger partial charge is 0.441 e. The molecule has 1 aromatic heterocycles. The van der Waals surface area contributed by atoms with E-state index >= 15 is 0 Å². The number of hydrogen-bond donors (Lipinski definition) is 1. The molecule has 1 amide bonds. The van der Waals surface area contributed by atoms with E-state index in [-0.39, 0.29) is 5.91 Å². The van der Waals surface area contributed by atoms with E-state index in [1.807, 2.05) is 49.4 Å². The molecule has 0 unspecified atom stereocenters. The molecule has 0 aliphatic carbocycles. The van der Waals surface area contributed by atoms with E-state index in [9.17, 15) is 4.79 Å². The van der Waals surface area contributed by atoms with Crippen LogP contribution in [0.25, 0.3) is 11.1 Å². The standard InChI is InChI=1S/C20H23N3O2/c1-4-23(5-2)17-9-7-16(8-10-17)22-20(24)13-15-6-11-18-19(12-15)25-14(3)21-18/h6-12H,4-5,13H2,1-3H3,(H,22,24). The summed E-state index contributed by atoms with van der Waals surface area (Å²) in [5.74, 6) is 0.580. The Hall–Kier alpha value is -2.82. The molecule has 1 N–H and O–H groups in total. The Morgan fingerprint density at radius 2 is 1.84 bits per heavy atom. The zero-order valence-corrected chi connectivity index (χ0v) is 14.9. The van der Waals surface area contributed by atoms with Crippen molar-refractivity contribution in [2.45, 2.75) is 27.2 Å². The highest BCUT2D eigenvalue weighted by Gasteiger charge is 2.08. The second-order valence-corrected chi connectivity index (χ2v) is 5.98. The lowest BCUT2D eigenvalue weighted by Gasteiger charge is -2.21. The number of nitrogens with zero attached hydrogens (tertiary/aromatic N) is 2. The molecule has 0 aliphatic rings. The average molecular weight is 337 g/mol. The van der Waals surface area contributed by atoms with E-state index in [1.165, 1.54) is 0 Å². The van der Waals surface area contributed by atoms with Crippen LogP contribution in [0.4, 0.5) is 11.4 Å². The highest BCUT2D eigenvalue weighted by molar-refractivity contribution is 5.93. The zero-order chi connectivity index (χ0) is 17.8. The molecule has 0 saturated carbocycles. The topological polar surface area (TPSA) is 58.4 Å². The lowest BCUT2D eigenvalue weighted by molar-refractivity contribution is -0.115. The van der Waals surface area contributed by atoms with Crippen molar-refractivity contribution < 1.29 is 9.21 Å². The first-order chi connectivity index (χ1) is 12.1. The van der Waals surface area contributed by atoms with Gasteiger partial charge in [-0.3, -0.25) is 4.79 Å². The minimum Gasteiger partial charge on any atom is -0.441 e. The quantitative estimate of drug-likeness (QED) is 0.733. The van der Waals surface area contributed by atoms with Crippen molar-refractivity contribution in [2.24, 2.45) is 0 Å². The molecule has 1 heterocycles. The molecular formula is C20H23N3O2. The van der Waals surface area contributed by atoms with Crippen molar-refractivity contribution in [1.29, 1.82) is 0 Å². The van der Waals surface area contributed by atoms with Crippen LogP contribution in [0, 0.1) is 6.92 Å². The predicted molar refractivity (Wildman–Crippen MR) is 101 cm³/mol. The third-order valence-corrected chi connectivity index (χ3v) is 4.20. The number of rotatable bonds is 6. The van der Waals surface area contributed by atoms with Crippen LogP contribution in [0.2, 0.25) is 0 Å². The van der Waals surface area contributed by atoms with Gasteiger partial charge in [-0.15, -0.1) is 0 Å². The van der Waals surface area contributed by atoms with Crippen molar-refractivity contribution in [2.75, 3.05) is 23.3 Å². The van der Waals surface area contributed by atoms with Crippen molar-refractivity contribution in [3.63, 3.8) is 0 Å². The van der Waals surface area contributed by atoms with Crippen molar-refractivity contribution in [3.8, 4) is 0 Å². The summed E-state index contributed by atoms with van der Waals surface area (Å²) in [6.07, 6.45) is 0.299. The molecule has 5 heteroatoms. The second-order valence-electron chi connectivity index (χ2n) is 5.98. The third-order valence-electron chi connectivity index (χ3n) is 4.20. The Morgan fingerprint density at radius 1 is 1.12 bits per heavy atom. The number of fused-ring (bicyclic) bond motifs is 1. The van der Waals surface area contributed by atoms with Crippen LogP contribution in [0.15, 0.2) is 46.9 Å². The van der Waals surface area contributed by atoms with Crippen molar-refractivity contribution in [1.82, 2.24) is 4.98 Å². The normalized spacial score (nSPS) is 10.8. The summed E-state index contributed by atoms with van der Waals surface area (Å²) in [4.78, 5) is 18.8. The van der Waals surface area contributed by atoms with E-state index in [0.717, 1.165) is 35.5 Å². The summed E-state index contributed by atoms with van der Waals surface area (Å²) in [5, 5.41) is 2.94. The fourth-order valence-corrected chi connectivity index (χ4v) is 2.93. The third kappa shape index (κ3) is 3.99. The monoisotopic (exact) mass is 337 g/mol. The molecule has 0 atom stereocenters. The number of carbonyl (C=O) groups is 1. The fourth-order valence-electron chi connectivity index (χ4n) is 2.93. The summed E-state index contributed by atoms with van der Waals surface area (Å²) in [7, 11) is 0. The highest BCUT2D eigenvalue weighted by atomic mass is 16.3. The zero-order valence-electron chi connectivity index (χ0n) is 14.9. The maximum atomic E-state index is 12.3. The lowest BCUT2D eigenvalue weighted by atomic mass is 10.1. The van der Waals surface area contributed by atoms with Crippen LogP contribution >= 0.6 is 0 Å². The van der Waals surface area contributed by atoms with Crippen LogP contribution in [0.5, 0.6) is 0 Å². The summed E-state index contributed by atoms with van der Waals surface area (Å²) in [6, 6.07) is 13.6. The van der Waals surface area contributed by atoms with Gasteiger partial charge in [0, 0.05) is 31.4 Å². The Morgan fingerprint density at radius 3 is 2.52 bits per heavy atom. The number of benzene rings is 2. The molecule has 0 radical (unpaired) electrons. The van der Waals surface area contributed by atoms with Gasteiger partial charge in [0.2, 0.25) is 5.91 Å². The van der Waals surface area contributed by atoms with Gasteiger partial charge in [-0.05, 0) is 55.8 Å². The first-order valence-corrected chi connectivity index (χ1v) is 8.60. The van der Waals surface area contributed by atoms with Crippen LogP contribution in [0.1, 0.15) is 25.3 Å². The summed E-state index contributed by atoms with van der Waals surface area (Å²) >= 11 is 0. The van der Waals surface area contributed by atoms with E-state index in [4.69, 9.17) is 4.42 Å². The number of aromatic nitrogens is 1. The van der Waals surface area contributed by atoms with Crippen molar-refractivity contribution >= 4 is 28.4 Å². The van der Waals surface area contributed by atoms with Gasteiger partial charge >= 0.3 is 0 Å². The number of nitrogens with one attached hydrogen (secondary N) is 1. The van der Waals surface area contributed by atoms with Gasteiger partial charge in [-0.25, -0.2) is 4.98 Å². The van der Waals surface area contributed by atoms with E-state index < -0.39 is 0 Å². The molecule has 0 saturated heterocycles. The van der Waals surface area contributed by atoms with E-state index in [1.54, 1.807) is 0 Å². The smallest absolute Gasteiger partial charge is 0.228 e. The number of amides is 1. The Kier molecular flexibility index (Phi) is 5.03. The van der Waals surface area contributed by atoms with E-state index in [2.05, 4.69) is 29.0 Å². The van der Waals surface area contributed by atoms with Gasteiger partial charge < -0.3 is 14.6 Å². The predicted octanol–water partition coefficient (Wildman–Crippen LogP) is 4.16. The van der Waals surface area contributed by atoms with E-state index in [0.29, 0.717) is 17.9 Å². The SMILES string of the molecule is CCN(CC)c1ccc(NC(=O)Cc2ccc3nc(C)oc3c2)cc1. The molecular weight excluding hydrogens is 314 g/mol. The lowest BCUT2D eigenvalue weighted by Crippen LogP contribution is -2.21. The van der Waals surface area contributed by atoms with Gasteiger partial charge in [0.25, 0.3) is 0 Å². The van der Waals surface area contributed by atoms with Crippen LogP contribution in [-0.4, -0.2) is 24.0 Å². The Labute approximate surface area is 147 Å². The van der Waals surface area contributed by atoms with Gasteiger partial charge in [-0.2, -0.15) is 0 Å². The van der Waals surface area contributed by atoms with Gasteiger partial charge in [-0.1, -0.05) is 6.07 Å². The van der Waals surface area contributed by atoms with Crippen molar-refractivity contribution in [3.05, 3.63) is 53.9 Å². The summed E-state index contributed by atoms with van der Waals surface area (Å²) in [5.41, 5.74) is 4.40. The van der Waals surface area contributed by atoms with Gasteiger partial charge in [0.1, 0.15) is 5.52 Å². The van der Waals surface area contributed by atoms with Gasteiger partial charge in [0.05, 0.1) is 6.42 Å². The molecule has 130 valence electrons. The number of aryl methyl sites for hydroxylation is 1. The van der Waals surface area contributed by atoms with Gasteiger partial charge in [0.15, 0.2) is 11.5 Å². The second kappa shape index (κ2) is 7.38. The molecule has 0 spiro atoms. The molecule has 2 aromatic carbocycles. The fraction of sp³-hybridized carbons (Fsp3) is 0.300. The number of carbonyl (C=O) groups excluding carboxylic acids is 1. The molecule has 25 heavy (non-hydrogen) atoms. The van der Waals surface area contributed by atoms with Crippen LogP contribution in [0.3, 0.4) is 0 Å². The maximum Gasteiger partial charge on any atom is 0.228 e. The minimum atomic E-state index is -0.0498. The number of oxazole rings is 1. The Bertz CT molecular complexity index is 864. The summed E-state index contributed by atoms with van der Waals surface area (Å²) < 4.78 is 5.52. The molecule has 0 fully saturated rings. The first-order valence-electron chi connectivity index (χ1n) is 8.60. The first kappa shape index (κ1) is 17.0. The van der Waals surface area contributed by atoms with Crippen LogP contribution < -0.4 is 10.2 Å². The number of hydrogen-bond acceptors (Lipinski definition) is 4. The molecule has 0 aliphatic heterocycles. The molecule has 0 bridgehead atoms. The minimum absolute atomic E-state index is 0.0498. The summed E-state index contributed by atoms with van der Waals surface area (Å²) in [6.45, 7) is 8.00. The van der Waals surface area contributed by atoms with Crippen LogP contribution in [-0.2, 0) is 11.2 Å².